The van der Waals surface area contributed by atoms with Gasteiger partial charge in [-0.3, -0.25) is 10.1 Å². The van der Waals surface area contributed by atoms with Crippen molar-refractivity contribution in [3.05, 3.63) is 28.3 Å². The number of hydrogen-bond acceptors (Lipinski definition) is 6. The van der Waals surface area contributed by atoms with Gasteiger partial charge in [-0.2, -0.15) is 0 Å². The first-order valence-electron chi connectivity index (χ1n) is 6.51. The summed E-state index contributed by atoms with van der Waals surface area (Å²) in [7, 11) is -3.78. The number of anilines is 1. The van der Waals surface area contributed by atoms with Gasteiger partial charge >= 0.3 is 0 Å². The third-order valence-corrected chi connectivity index (χ3v) is 4.84. The number of benzene rings is 1. The highest BCUT2D eigenvalue weighted by molar-refractivity contribution is 7.89. The molecule has 0 aromatic heterocycles. The molecule has 0 radical (unpaired) electrons. The molecule has 1 unspecified atom stereocenters. The zero-order chi connectivity index (χ0) is 15.5. The Hall–Kier alpha value is -1.71. The summed E-state index contributed by atoms with van der Waals surface area (Å²) in [5, 5.41) is 10.8. The van der Waals surface area contributed by atoms with Crippen molar-refractivity contribution in [1.29, 1.82) is 0 Å². The Balaban J connectivity index is 2.04. The van der Waals surface area contributed by atoms with Crippen LogP contribution in [0.5, 0.6) is 0 Å². The van der Waals surface area contributed by atoms with Crippen LogP contribution in [0.15, 0.2) is 23.1 Å². The lowest BCUT2D eigenvalue weighted by Gasteiger charge is -2.10. The standard InChI is InChI=1S/C12H17N3O5S/c13-11-2-1-10(7-12(11)15(16)17)21(18,19)14-5-3-9-4-6-20-8-9/h1-2,7,9,14H,3-6,8,13H2. The van der Waals surface area contributed by atoms with E-state index in [0.717, 1.165) is 12.5 Å². The van der Waals surface area contributed by atoms with Gasteiger partial charge in [-0.15, -0.1) is 0 Å². The maximum absolute atomic E-state index is 12.1. The molecule has 1 aromatic carbocycles. The van der Waals surface area contributed by atoms with Gasteiger partial charge in [-0.25, -0.2) is 13.1 Å². The topological polar surface area (TPSA) is 125 Å². The molecule has 8 nitrogen and oxygen atoms in total. The zero-order valence-corrected chi connectivity index (χ0v) is 12.1. The Morgan fingerprint density at radius 2 is 2.24 bits per heavy atom. The summed E-state index contributed by atoms with van der Waals surface area (Å²) in [6.07, 6.45) is 1.60. The average molecular weight is 315 g/mol. The number of nitro benzene ring substituents is 1. The third-order valence-electron chi connectivity index (χ3n) is 3.38. The highest BCUT2D eigenvalue weighted by atomic mass is 32.2. The van der Waals surface area contributed by atoms with Gasteiger partial charge in [0.1, 0.15) is 5.69 Å². The molecule has 0 saturated carbocycles. The quantitative estimate of drug-likeness (QED) is 0.456. The molecule has 1 atom stereocenters. The summed E-state index contributed by atoms with van der Waals surface area (Å²) in [5.74, 6) is 0.355. The number of rotatable bonds is 6. The zero-order valence-electron chi connectivity index (χ0n) is 11.3. The van der Waals surface area contributed by atoms with Crippen molar-refractivity contribution in [2.45, 2.75) is 17.7 Å². The molecule has 0 bridgehead atoms. The van der Waals surface area contributed by atoms with Gasteiger partial charge in [0.15, 0.2) is 0 Å². The van der Waals surface area contributed by atoms with E-state index in [1.54, 1.807) is 0 Å². The lowest BCUT2D eigenvalue weighted by Crippen LogP contribution is -2.26. The van der Waals surface area contributed by atoms with E-state index < -0.39 is 20.6 Å². The Morgan fingerprint density at radius 1 is 1.48 bits per heavy atom. The lowest BCUT2D eigenvalue weighted by molar-refractivity contribution is -0.384. The first-order chi connectivity index (χ1) is 9.90. The minimum atomic E-state index is -3.78. The van der Waals surface area contributed by atoms with Crippen LogP contribution in [-0.2, 0) is 14.8 Å². The van der Waals surface area contributed by atoms with Crippen LogP contribution < -0.4 is 10.5 Å². The van der Waals surface area contributed by atoms with E-state index >= 15 is 0 Å². The van der Waals surface area contributed by atoms with E-state index in [2.05, 4.69) is 4.72 Å². The Bertz CT molecular complexity index is 626. The fourth-order valence-electron chi connectivity index (χ4n) is 2.14. The fourth-order valence-corrected chi connectivity index (χ4v) is 3.21. The summed E-state index contributed by atoms with van der Waals surface area (Å²) < 4.78 is 31.8. The third kappa shape index (κ3) is 3.90. The number of nitro groups is 1. The Kier molecular flexibility index (Phi) is 4.76. The van der Waals surface area contributed by atoms with Gasteiger partial charge in [0.05, 0.1) is 9.82 Å². The van der Waals surface area contributed by atoms with Crippen LogP contribution in [0.3, 0.4) is 0 Å². The van der Waals surface area contributed by atoms with Crippen LogP contribution >= 0.6 is 0 Å². The molecule has 2 rings (SSSR count). The molecule has 1 aromatic rings. The first kappa shape index (κ1) is 15.7. The number of ether oxygens (including phenoxy) is 1. The summed E-state index contributed by atoms with van der Waals surface area (Å²) in [4.78, 5) is 9.92. The predicted molar refractivity (Wildman–Crippen MR) is 76.2 cm³/mol. The molecule has 9 heteroatoms. The van der Waals surface area contributed by atoms with Crippen molar-refractivity contribution in [1.82, 2.24) is 4.72 Å². The van der Waals surface area contributed by atoms with Gasteiger partial charge in [0, 0.05) is 25.8 Å². The Morgan fingerprint density at radius 3 is 2.86 bits per heavy atom. The van der Waals surface area contributed by atoms with Crippen LogP contribution in [0.25, 0.3) is 0 Å². The monoisotopic (exact) mass is 315 g/mol. The molecule has 0 spiro atoms. The van der Waals surface area contributed by atoms with Crippen LogP contribution in [0.1, 0.15) is 12.8 Å². The molecule has 1 aliphatic rings. The maximum Gasteiger partial charge on any atom is 0.293 e. The number of hydrogen-bond donors (Lipinski definition) is 2. The van der Waals surface area contributed by atoms with Crippen LogP contribution in [0.4, 0.5) is 11.4 Å². The minimum absolute atomic E-state index is 0.0675. The maximum atomic E-state index is 12.1. The van der Waals surface area contributed by atoms with Gasteiger partial charge in [0.2, 0.25) is 10.0 Å². The first-order valence-corrected chi connectivity index (χ1v) is 8.00. The van der Waals surface area contributed by atoms with Gasteiger partial charge in [-0.1, -0.05) is 0 Å². The van der Waals surface area contributed by atoms with Gasteiger partial charge in [0.25, 0.3) is 5.69 Å². The van der Waals surface area contributed by atoms with Crippen LogP contribution in [0, 0.1) is 16.0 Å². The predicted octanol–water partition coefficient (Wildman–Crippen LogP) is 0.882. The number of nitrogens with two attached hydrogens (primary N) is 1. The van der Waals surface area contributed by atoms with Crippen LogP contribution in [0.2, 0.25) is 0 Å². The van der Waals surface area contributed by atoms with E-state index in [1.807, 2.05) is 0 Å². The van der Waals surface area contributed by atoms with Crippen LogP contribution in [-0.4, -0.2) is 33.1 Å². The smallest absolute Gasteiger partial charge is 0.293 e. The highest BCUT2D eigenvalue weighted by Gasteiger charge is 2.21. The molecule has 0 aliphatic carbocycles. The second kappa shape index (κ2) is 6.37. The van der Waals surface area contributed by atoms with Crippen molar-refractivity contribution in [2.75, 3.05) is 25.5 Å². The molecular formula is C12H17N3O5S. The molecule has 1 saturated heterocycles. The van der Waals surface area contributed by atoms with Crippen molar-refractivity contribution >= 4 is 21.4 Å². The van der Waals surface area contributed by atoms with Gasteiger partial charge < -0.3 is 10.5 Å². The number of sulfonamides is 1. The SMILES string of the molecule is Nc1ccc(S(=O)(=O)NCCC2CCOC2)cc1[N+](=O)[O-]. The van der Waals surface area contributed by atoms with E-state index in [0.29, 0.717) is 25.6 Å². The molecule has 1 heterocycles. The van der Waals surface area contributed by atoms with Crippen molar-refractivity contribution in [3.63, 3.8) is 0 Å². The van der Waals surface area contributed by atoms with Crippen molar-refractivity contribution in [2.24, 2.45) is 5.92 Å². The summed E-state index contributed by atoms with van der Waals surface area (Å²) >= 11 is 0. The Labute approximate surface area is 122 Å². The molecule has 3 N–H and O–H groups in total. The number of nitrogens with zero attached hydrogens (tertiary/aromatic N) is 1. The fraction of sp³-hybridized carbons (Fsp3) is 0.500. The lowest BCUT2D eigenvalue weighted by atomic mass is 10.1. The highest BCUT2D eigenvalue weighted by Crippen LogP contribution is 2.24. The molecule has 21 heavy (non-hydrogen) atoms. The molecular weight excluding hydrogens is 298 g/mol. The normalized spacial score (nSPS) is 18.8. The van der Waals surface area contributed by atoms with E-state index in [-0.39, 0.29) is 17.1 Å². The van der Waals surface area contributed by atoms with Gasteiger partial charge in [-0.05, 0) is 30.9 Å². The summed E-state index contributed by atoms with van der Waals surface area (Å²) in [6, 6.07) is 3.44. The summed E-state index contributed by atoms with van der Waals surface area (Å²) in [6.45, 7) is 1.63. The largest absolute Gasteiger partial charge is 0.393 e. The minimum Gasteiger partial charge on any atom is -0.393 e. The van der Waals surface area contributed by atoms with E-state index in [9.17, 15) is 18.5 Å². The van der Waals surface area contributed by atoms with E-state index in [1.165, 1.54) is 12.1 Å². The number of nitrogens with one attached hydrogen (secondary N) is 1. The van der Waals surface area contributed by atoms with Crippen molar-refractivity contribution in [3.8, 4) is 0 Å². The molecule has 1 aliphatic heterocycles. The molecule has 1 fully saturated rings. The summed E-state index contributed by atoms with van der Waals surface area (Å²) in [5.41, 5.74) is 4.96. The average Bonchev–Trinajstić information content (AvgIpc) is 2.91. The second-order valence-corrected chi connectivity index (χ2v) is 6.66. The molecule has 0 amide bonds. The second-order valence-electron chi connectivity index (χ2n) is 4.89. The van der Waals surface area contributed by atoms with E-state index in [4.69, 9.17) is 10.5 Å². The molecule has 116 valence electrons. The number of nitrogen functional groups attached to an aromatic ring is 1. The van der Waals surface area contributed by atoms with Crippen molar-refractivity contribution < 1.29 is 18.1 Å².